The number of nitrogens with two attached hydrogens (primary N) is 1. The molecule has 4 N–H and O–H groups in total. The summed E-state index contributed by atoms with van der Waals surface area (Å²) in [6, 6.07) is 12.7. The Bertz CT molecular complexity index is 855. The lowest BCUT2D eigenvalue weighted by atomic mass is 10.0. The van der Waals surface area contributed by atoms with Crippen molar-refractivity contribution in [3.8, 4) is 0 Å². The number of sulfonamides is 1. The van der Waals surface area contributed by atoms with Crippen LogP contribution in [0.2, 0.25) is 0 Å². The van der Waals surface area contributed by atoms with Crippen LogP contribution >= 0.6 is 12.4 Å². The second-order valence-corrected chi connectivity index (χ2v) is 7.86. The molecule has 6 nitrogen and oxygen atoms in total. The fraction of sp³-hybridized carbons (Fsp3) is 0.278. The van der Waals surface area contributed by atoms with Crippen molar-refractivity contribution in [3.63, 3.8) is 0 Å². The minimum atomic E-state index is -3.77. The van der Waals surface area contributed by atoms with E-state index in [-0.39, 0.29) is 29.1 Å². The molecule has 8 heteroatoms. The molecule has 2 aromatic rings. The van der Waals surface area contributed by atoms with Gasteiger partial charge in [0, 0.05) is 11.4 Å². The number of hydrogen-bond donors (Lipinski definition) is 3. The van der Waals surface area contributed by atoms with Crippen LogP contribution in [0.1, 0.15) is 19.4 Å². The van der Waals surface area contributed by atoms with Gasteiger partial charge in [-0.15, -0.1) is 12.4 Å². The molecule has 0 heterocycles. The molecule has 1 amide bonds. The summed E-state index contributed by atoms with van der Waals surface area (Å²) >= 11 is 0. The fourth-order valence-electron chi connectivity index (χ4n) is 2.21. The monoisotopic (exact) mass is 397 g/mol. The summed E-state index contributed by atoms with van der Waals surface area (Å²) in [6.45, 7) is 5.39. The number of hydrogen-bond acceptors (Lipinski definition) is 4. The van der Waals surface area contributed by atoms with Crippen LogP contribution < -0.4 is 15.8 Å². The van der Waals surface area contributed by atoms with E-state index in [9.17, 15) is 13.2 Å². The Morgan fingerprint density at radius 1 is 1.04 bits per heavy atom. The van der Waals surface area contributed by atoms with E-state index in [0.717, 1.165) is 0 Å². The van der Waals surface area contributed by atoms with E-state index in [2.05, 4.69) is 10.0 Å². The summed E-state index contributed by atoms with van der Waals surface area (Å²) in [5, 5.41) is 2.67. The van der Waals surface area contributed by atoms with Crippen LogP contribution in [0, 0.1) is 12.8 Å². The zero-order valence-electron chi connectivity index (χ0n) is 14.9. The molecule has 0 fully saturated rings. The first-order chi connectivity index (χ1) is 11.7. The van der Waals surface area contributed by atoms with Crippen molar-refractivity contribution in [2.24, 2.45) is 11.7 Å². The van der Waals surface area contributed by atoms with Gasteiger partial charge in [0.25, 0.3) is 10.0 Å². The molecule has 26 heavy (non-hydrogen) atoms. The van der Waals surface area contributed by atoms with E-state index >= 15 is 0 Å². The number of rotatable bonds is 6. The lowest BCUT2D eigenvalue weighted by Gasteiger charge is -2.16. The number of carbonyl (C=O) groups is 1. The highest BCUT2D eigenvalue weighted by molar-refractivity contribution is 7.92. The maximum atomic E-state index is 12.7. The van der Waals surface area contributed by atoms with Gasteiger partial charge in [-0.05, 0) is 42.7 Å². The van der Waals surface area contributed by atoms with E-state index in [1.165, 1.54) is 6.07 Å². The van der Waals surface area contributed by atoms with Crippen LogP contribution in [-0.4, -0.2) is 20.4 Å². The maximum absolute atomic E-state index is 12.7. The Morgan fingerprint density at radius 2 is 1.65 bits per heavy atom. The predicted octanol–water partition coefficient (Wildman–Crippen LogP) is 3.14. The highest BCUT2D eigenvalue weighted by Crippen LogP contribution is 2.23. The molecule has 142 valence electrons. The highest BCUT2D eigenvalue weighted by atomic mass is 35.5. The molecule has 0 aliphatic heterocycles. The first-order valence-corrected chi connectivity index (χ1v) is 9.44. The molecule has 1 atom stereocenters. The molecule has 0 aliphatic rings. The number of halogens is 1. The second-order valence-electron chi connectivity index (χ2n) is 6.21. The molecule has 2 rings (SSSR count). The molecule has 0 saturated carbocycles. The molecule has 2 aromatic carbocycles. The first-order valence-electron chi connectivity index (χ1n) is 7.95. The fourth-order valence-corrected chi connectivity index (χ4v) is 3.54. The zero-order chi connectivity index (χ0) is 18.6. The molecule has 0 radical (unpaired) electrons. The molecular weight excluding hydrogens is 374 g/mol. The van der Waals surface area contributed by atoms with Crippen LogP contribution in [0.25, 0.3) is 0 Å². The van der Waals surface area contributed by atoms with E-state index in [0.29, 0.717) is 16.9 Å². The van der Waals surface area contributed by atoms with Gasteiger partial charge in [-0.2, -0.15) is 0 Å². The third-order valence-corrected chi connectivity index (χ3v) is 5.32. The van der Waals surface area contributed by atoms with Crippen molar-refractivity contribution in [3.05, 3.63) is 54.1 Å². The van der Waals surface area contributed by atoms with E-state index in [1.807, 2.05) is 13.8 Å². The summed E-state index contributed by atoms with van der Waals surface area (Å²) in [5.74, 6) is -0.369. The minimum absolute atomic E-state index is 0. The molecular formula is C18H24ClN3O3S. The van der Waals surface area contributed by atoms with Crippen LogP contribution in [0.15, 0.2) is 53.4 Å². The van der Waals surface area contributed by atoms with Crippen molar-refractivity contribution >= 4 is 39.7 Å². The molecule has 0 aliphatic carbocycles. The summed E-state index contributed by atoms with van der Waals surface area (Å²) in [5.41, 5.74) is 7.26. The Morgan fingerprint density at radius 3 is 2.23 bits per heavy atom. The van der Waals surface area contributed by atoms with Gasteiger partial charge >= 0.3 is 0 Å². The number of benzene rings is 2. The van der Waals surface area contributed by atoms with Gasteiger partial charge < -0.3 is 11.1 Å². The number of para-hydroxylation sites is 1. The summed E-state index contributed by atoms with van der Waals surface area (Å²) in [7, 11) is -3.77. The lowest BCUT2D eigenvalue weighted by Crippen LogP contribution is -2.39. The average molecular weight is 398 g/mol. The van der Waals surface area contributed by atoms with Crippen molar-refractivity contribution < 1.29 is 13.2 Å². The van der Waals surface area contributed by atoms with E-state index in [1.54, 1.807) is 49.4 Å². The molecule has 0 unspecified atom stereocenters. The van der Waals surface area contributed by atoms with Crippen molar-refractivity contribution in [2.45, 2.75) is 31.7 Å². The molecule has 0 saturated heterocycles. The van der Waals surface area contributed by atoms with Crippen LogP contribution in [-0.2, 0) is 14.8 Å². The Labute approximate surface area is 160 Å². The largest absolute Gasteiger partial charge is 0.325 e. The normalized spacial score (nSPS) is 12.2. The average Bonchev–Trinajstić information content (AvgIpc) is 2.56. The highest BCUT2D eigenvalue weighted by Gasteiger charge is 2.20. The van der Waals surface area contributed by atoms with E-state index in [4.69, 9.17) is 5.73 Å². The van der Waals surface area contributed by atoms with Gasteiger partial charge in [0.1, 0.15) is 0 Å². The molecule has 0 spiro atoms. The zero-order valence-corrected chi connectivity index (χ0v) is 16.5. The van der Waals surface area contributed by atoms with Crippen molar-refractivity contribution in [1.29, 1.82) is 0 Å². The molecule has 0 aromatic heterocycles. The van der Waals surface area contributed by atoms with Gasteiger partial charge in [0.15, 0.2) is 0 Å². The standard InChI is InChI=1S/C18H23N3O3S.ClH/c1-12(2)17(19)18(22)20-15-10-9-13(3)16(11-15)25(23,24)21-14-7-5-4-6-8-14;/h4-12,17,21H,19H2,1-3H3,(H,20,22);1H/t17-;/m0./s1. The van der Waals surface area contributed by atoms with Gasteiger partial charge in [-0.1, -0.05) is 38.1 Å². The predicted molar refractivity (Wildman–Crippen MR) is 107 cm³/mol. The summed E-state index contributed by atoms with van der Waals surface area (Å²) in [6.07, 6.45) is 0. The van der Waals surface area contributed by atoms with Crippen molar-refractivity contribution in [1.82, 2.24) is 0 Å². The van der Waals surface area contributed by atoms with Crippen LogP contribution in [0.5, 0.6) is 0 Å². The second kappa shape index (κ2) is 9.02. The number of carbonyl (C=O) groups excluding carboxylic acids is 1. The minimum Gasteiger partial charge on any atom is -0.325 e. The smallest absolute Gasteiger partial charge is 0.262 e. The summed E-state index contributed by atoms with van der Waals surface area (Å²) in [4.78, 5) is 12.2. The van der Waals surface area contributed by atoms with E-state index < -0.39 is 16.1 Å². The third-order valence-electron chi connectivity index (χ3n) is 3.79. The lowest BCUT2D eigenvalue weighted by molar-refractivity contribution is -0.118. The third kappa shape index (κ3) is 5.45. The molecule has 0 bridgehead atoms. The summed E-state index contributed by atoms with van der Waals surface area (Å²) < 4.78 is 27.8. The Balaban J connectivity index is 0.00000338. The van der Waals surface area contributed by atoms with Gasteiger partial charge in [-0.25, -0.2) is 8.42 Å². The Kier molecular flexibility index (Phi) is 7.62. The maximum Gasteiger partial charge on any atom is 0.262 e. The first kappa shape index (κ1) is 22.0. The number of anilines is 2. The Hall–Kier alpha value is -2.09. The topological polar surface area (TPSA) is 101 Å². The quantitative estimate of drug-likeness (QED) is 0.696. The van der Waals surface area contributed by atoms with Gasteiger partial charge in [-0.3, -0.25) is 9.52 Å². The van der Waals surface area contributed by atoms with Crippen LogP contribution in [0.3, 0.4) is 0 Å². The number of aryl methyl sites for hydroxylation is 1. The SMILES string of the molecule is Cc1ccc(NC(=O)[C@@H](N)C(C)C)cc1S(=O)(=O)Nc1ccccc1.Cl. The van der Waals surface area contributed by atoms with Gasteiger partial charge in [0.2, 0.25) is 5.91 Å². The number of amides is 1. The van der Waals surface area contributed by atoms with Crippen molar-refractivity contribution in [2.75, 3.05) is 10.0 Å². The number of nitrogens with one attached hydrogen (secondary N) is 2. The van der Waals surface area contributed by atoms with Crippen LogP contribution in [0.4, 0.5) is 11.4 Å². The van der Waals surface area contributed by atoms with Gasteiger partial charge in [0.05, 0.1) is 10.9 Å².